The van der Waals surface area contributed by atoms with Crippen LogP contribution in [0.3, 0.4) is 0 Å². The van der Waals surface area contributed by atoms with Gasteiger partial charge >= 0.3 is 0 Å². The van der Waals surface area contributed by atoms with Crippen molar-refractivity contribution in [2.45, 2.75) is 38.9 Å². The van der Waals surface area contributed by atoms with Crippen molar-refractivity contribution in [3.63, 3.8) is 0 Å². The number of benzene rings is 3. The third kappa shape index (κ3) is 6.82. The number of rotatable bonds is 9. The fraction of sp³-hybridized carbons (Fsp3) is 0.194. The number of hydrogen-bond acceptors (Lipinski definition) is 6. The fourth-order valence-electron chi connectivity index (χ4n) is 5.52. The zero-order valence-corrected chi connectivity index (χ0v) is 25.4. The molecule has 5 aromatic rings. The van der Waals surface area contributed by atoms with Crippen LogP contribution in [-0.4, -0.2) is 49.2 Å². The summed E-state index contributed by atoms with van der Waals surface area (Å²) in [6.45, 7) is 3.34. The second kappa shape index (κ2) is 13.6. The summed E-state index contributed by atoms with van der Waals surface area (Å²) in [4.78, 5) is 46.1. The molecule has 0 saturated carbocycles. The first-order valence-electron chi connectivity index (χ1n) is 14.7. The average molecular weight is 600 g/mol. The lowest BCUT2D eigenvalue weighted by molar-refractivity contribution is -0.144. The van der Waals surface area contributed by atoms with E-state index in [0.717, 1.165) is 39.2 Å². The van der Waals surface area contributed by atoms with Crippen LogP contribution < -0.4 is 0 Å². The summed E-state index contributed by atoms with van der Waals surface area (Å²) in [5.41, 5.74) is 7.86. The van der Waals surface area contributed by atoms with Gasteiger partial charge in [-0.2, -0.15) is 0 Å². The van der Waals surface area contributed by atoms with Crippen LogP contribution in [0.25, 0.3) is 17.5 Å². The number of nitrogens with zero attached hydrogens (tertiary/aromatic N) is 5. The summed E-state index contributed by atoms with van der Waals surface area (Å²) in [6.07, 6.45) is 8.01. The molecule has 0 saturated heterocycles. The molecule has 3 aromatic carbocycles. The molecule has 1 aliphatic heterocycles. The average Bonchev–Trinajstić information content (AvgIpc) is 3.50. The highest BCUT2D eigenvalue weighted by molar-refractivity contribution is 7.10. The van der Waals surface area contributed by atoms with Crippen LogP contribution in [0.4, 0.5) is 0 Å². The molecule has 2 aromatic heterocycles. The standard InChI is InChI=1S/C36H33N5O2S/c1-26-33(44-25-39-26)16-17-34(42)41(23-28-12-14-30(15-13-28)35-37-19-7-20-38-35)32(22-27-8-3-2-4-9-27)36(43)40-21-18-29-10-5-6-11-31(29)24-40/h2-17,19-20,25,32H,18,21-24H2,1H3/t32-/m0/s1. The first-order chi connectivity index (χ1) is 21.5. The Hall–Kier alpha value is -4.95. The molecule has 0 unspecified atom stereocenters. The number of carbonyl (C=O) groups is 2. The Bertz CT molecular complexity index is 1750. The lowest BCUT2D eigenvalue weighted by Gasteiger charge is -2.37. The summed E-state index contributed by atoms with van der Waals surface area (Å²) in [5, 5.41) is 0. The minimum atomic E-state index is -0.695. The van der Waals surface area contributed by atoms with Gasteiger partial charge in [0.2, 0.25) is 11.8 Å². The highest BCUT2D eigenvalue weighted by Gasteiger charge is 2.34. The number of thiazole rings is 1. The van der Waals surface area contributed by atoms with Crippen LogP contribution in [0.2, 0.25) is 0 Å². The Morgan fingerprint density at radius 1 is 0.886 bits per heavy atom. The third-order valence-electron chi connectivity index (χ3n) is 7.95. The van der Waals surface area contributed by atoms with E-state index in [9.17, 15) is 9.59 Å². The summed E-state index contributed by atoms with van der Waals surface area (Å²) in [7, 11) is 0. The van der Waals surface area contributed by atoms with E-state index >= 15 is 0 Å². The fourth-order valence-corrected chi connectivity index (χ4v) is 6.22. The highest BCUT2D eigenvalue weighted by Crippen LogP contribution is 2.24. The number of fused-ring (bicyclic) bond motifs is 1. The van der Waals surface area contributed by atoms with Gasteiger partial charge in [0.15, 0.2) is 5.82 Å². The predicted molar refractivity (Wildman–Crippen MR) is 173 cm³/mol. The van der Waals surface area contributed by atoms with Gasteiger partial charge in [-0.3, -0.25) is 9.59 Å². The van der Waals surface area contributed by atoms with E-state index < -0.39 is 6.04 Å². The van der Waals surface area contributed by atoms with E-state index in [1.165, 1.54) is 16.9 Å². The molecule has 0 spiro atoms. The molecule has 44 heavy (non-hydrogen) atoms. The second-order valence-electron chi connectivity index (χ2n) is 10.9. The van der Waals surface area contributed by atoms with Crippen molar-refractivity contribution in [2.75, 3.05) is 6.54 Å². The monoisotopic (exact) mass is 599 g/mol. The molecule has 0 bridgehead atoms. The molecule has 0 aliphatic carbocycles. The van der Waals surface area contributed by atoms with Crippen molar-refractivity contribution in [1.29, 1.82) is 0 Å². The molecular formula is C36H33N5O2S. The smallest absolute Gasteiger partial charge is 0.247 e. The second-order valence-corrected chi connectivity index (χ2v) is 11.7. The molecule has 0 N–H and O–H groups in total. The number of aromatic nitrogens is 3. The Morgan fingerprint density at radius 3 is 2.34 bits per heavy atom. The summed E-state index contributed by atoms with van der Waals surface area (Å²) in [6, 6.07) is 27.2. The van der Waals surface area contributed by atoms with Crippen LogP contribution >= 0.6 is 11.3 Å². The molecule has 1 atom stereocenters. The third-order valence-corrected chi connectivity index (χ3v) is 8.85. The molecule has 220 valence electrons. The Balaban J connectivity index is 1.34. The SMILES string of the molecule is Cc1ncsc1C=CC(=O)N(Cc1ccc(-c2ncccn2)cc1)[C@@H](Cc1ccccc1)C(=O)N1CCc2ccccc2C1. The quantitative estimate of drug-likeness (QED) is 0.190. The van der Waals surface area contributed by atoms with Crippen LogP contribution in [0.1, 0.15) is 32.8 Å². The van der Waals surface area contributed by atoms with E-state index in [-0.39, 0.29) is 18.4 Å². The van der Waals surface area contributed by atoms with Crippen molar-refractivity contribution in [2.24, 2.45) is 0 Å². The Morgan fingerprint density at radius 2 is 1.61 bits per heavy atom. The lowest BCUT2D eigenvalue weighted by Crippen LogP contribution is -2.52. The van der Waals surface area contributed by atoms with Gasteiger partial charge in [0.05, 0.1) is 11.2 Å². The van der Waals surface area contributed by atoms with Gasteiger partial charge in [-0.05, 0) is 47.7 Å². The van der Waals surface area contributed by atoms with Crippen LogP contribution in [-0.2, 0) is 35.5 Å². The molecule has 2 amide bonds. The molecule has 0 radical (unpaired) electrons. The summed E-state index contributed by atoms with van der Waals surface area (Å²) < 4.78 is 0. The molecule has 6 rings (SSSR count). The number of carbonyl (C=O) groups excluding carboxylic acids is 2. The maximum Gasteiger partial charge on any atom is 0.247 e. The van der Waals surface area contributed by atoms with E-state index in [1.807, 2.05) is 78.6 Å². The molecule has 7 nitrogen and oxygen atoms in total. The van der Waals surface area contributed by atoms with Gasteiger partial charge in [-0.15, -0.1) is 11.3 Å². The van der Waals surface area contributed by atoms with Crippen LogP contribution in [0.5, 0.6) is 0 Å². The van der Waals surface area contributed by atoms with Gasteiger partial charge in [0.25, 0.3) is 0 Å². The normalized spacial score (nSPS) is 13.4. The first-order valence-corrected chi connectivity index (χ1v) is 15.6. The van der Waals surface area contributed by atoms with Crippen molar-refractivity contribution in [3.8, 4) is 11.4 Å². The Labute approximate surface area is 261 Å². The molecule has 3 heterocycles. The van der Waals surface area contributed by atoms with Gasteiger partial charge < -0.3 is 9.80 Å². The van der Waals surface area contributed by atoms with Crippen molar-refractivity contribution < 1.29 is 9.59 Å². The van der Waals surface area contributed by atoms with Gasteiger partial charge in [0, 0.05) is 55.0 Å². The molecule has 1 aliphatic rings. The van der Waals surface area contributed by atoms with Crippen molar-refractivity contribution >= 4 is 29.2 Å². The largest absolute Gasteiger partial charge is 0.336 e. The maximum atomic E-state index is 14.5. The number of hydrogen-bond donors (Lipinski definition) is 0. The lowest BCUT2D eigenvalue weighted by atomic mass is 9.97. The van der Waals surface area contributed by atoms with Crippen LogP contribution in [0.15, 0.2) is 109 Å². The van der Waals surface area contributed by atoms with E-state index in [2.05, 4.69) is 27.1 Å². The highest BCUT2D eigenvalue weighted by atomic mass is 32.1. The predicted octanol–water partition coefficient (Wildman–Crippen LogP) is 6.15. The number of amides is 2. The van der Waals surface area contributed by atoms with Gasteiger partial charge in [-0.25, -0.2) is 15.0 Å². The number of aryl methyl sites for hydroxylation is 1. The molecule has 8 heteroatoms. The maximum absolute atomic E-state index is 14.5. The topological polar surface area (TPSA) is 79.3 Å². The van der Waals surface area contributed by atoms with E-state index in [0.29, 0.717) is 25.3 Å². The van der Waals surface area contributed by atoms with Gasteiger partial charge in [-0.1, -0.05) is 78.9 Å². The van der Waals surface area contributed by atoms with Crippen LogP contribution in [0, 0.1) is 6.92 Å². The summed E-state index contributed by atoms with van der Waals surface area (Å²) >= 11 is 1.48. The van der Waals surface area contributed by atoms with E-state index in [1.54, 1.807) is 41.0 Å². The minimum absolute atomic E-state index is 0.0478. The summed E-state index contributed by atoms with van der Waals surface area (Å²) in [5.74, 6) is 0.366. The minimum Gasteiger partial charge on any atom is -0.336 e. The zero-order chi connectivity index (χ0) is 30.3. The van der Waals surface area contributed by atoms with Crippen molar-refractivity contribution in [3.05, 3.63) is 142 Å². The van der Waals surface area contributed by atoms with Gasteiger partial charge in [0.1, 0.15) is 6.04 Å². The first kappa shape index (κ1) is 29.1. The Kier molecular flexibility index (Phi) is 8.98. The van der Waals surface area contributed by atoms with E-state index in [4.69, 9.17) is 0 Å². The zero-order valence-electron chi connectivity index (χ0n) is 24.5. The molecule has 0 fully saturated rings. The van der Waals surface area contributed by atoms with Crippen molar-refractivity contribution in [1.82, 2.24) is 24.8 Å². The molecular weight excluding hydrogens is 566 g/mol.